The van der Waals surface area contributed by atoms with Gasteiger partial charge < -0.3 is 5.11 Å². The highest BCUT2D eigenvalue weighted by atomic mass is 127. The van der Waals surface area contributed by atoms with Crippen LogP contribution in [-0.2, 0) is 11.2 Å². The van der Waals surface area contributed by atoms with E-state index in [-0.39, 0.29) is 11.3 Å². The number of carboxylic acids is 1. The van der Waals surface area contributed by atoms with Gasteiger partial charge in [-0.2, -0.15) is 0 Å². The number of carbonyl (C=O) groups is 2. The Morgan fingerprint density at radius 2 is 2.07 bits per heavy atom. The van der Waals surface area contributed by atoms with Gasteiger partial charge in [-0.3, -0.25) is 4.79 Å². The van der Waals surface area contributed by atoms with Crippen LogP contribution in [0.1, 0.15) is 22.8 Å². The van der Waals surface area contributed by atoms with Crippen molar-refractivity contribution >= 4 is 34.3 Å². The fraction of sp³-hybridized carbons (Fsp3) is 0.200. The van der Waals surface area contributed by atoms with Gasteiger partial charge in [0.05, 0.1) is 5.56 Å². The van der Waals surface area contributed by atoms with Crippen LogP contribution in [0.4, 0.5) is 0 Å². The SMILES string of the molecule is CC(=O)Cc1cc(C(=O)O)ccc1I. The van der Waals surface area contributed by atoms with Crippen molar-refractivity contribution in [2.45, 2.75) is 13.3 Å². The molecule has 0 aliphatic rings. The van der Waals surface area contributed by atoms with Crippen molar-refractivity contribution in [2.75, 3.05) is 0 Å². The molecule has 0 bridgehead atoms. The van der Waals surface area contributed by atoms with E-state index in [1.807, 2.05) is 0 Å². The van der Waals surface area contributed by atoms with Gasteiger partial charge in [0.25, 0.3) is 0 Å². The van der Waals surface area contributed by atoms with Crippen molar-refractivity contribution in [3.63, 3.8) is 0 Å². The number of benzene rings is 1. The molecule has 1 N–H and O–H groups in total. The van der Waals surface area contributed by atoms with Crippen molar-refractivity contribution in [1.82, 2.24) is 0 Å². The number of carboxylic acid groups (broad SMARTS) is 1. The third kappa shape index (κ3) is 2.80. The van der Waals surface area contributed by atoms with Gasteiger partial charge in [0.15, 0.2) is 0 Å². The number of Topliss-reactive ketones (excluding diaryl/α,β-unsaturated/α-hetero) is 1. The average molecular weight is 304 g/mol. The van der Waals surface area contributed by atoms with E-state index in [0.29, 0.717) is 6.42 Å². The molecule has 0 aromatic heterocycles. The average Bonchev–Trinajstić information content (AvgIpc) is 2.07. The van der Waals surface area contributed by atoms with E-state index in [0.717, 1.165) is 9.13 Å². The predicted octanol–water partition coefficient (Wildman–Crippen LogP) is 2.12. The molecule has 3 nitrogen and oxygen atoms in total. The fourth-order valence-corrected chi connectivity index (χ4v) is 1.64. The smallest absolute Gasteiger partial charge is 0.335 e. The molecule has 74 valence electrons. The molecule has 0 saturated heterocycles. The van der Waals surface area contributed by atoms with Crippen molar-refractivity contribution < 1.29 is 14.7 Å². The molecule has 0 heterocycles. The van der Waals surface area contributed by atoms with Crippen LogP contribution in [-0.4, -0.2) is 16.9 Å². The lowest BCUT2D eigenvalue weighted by atomic mass is 10.1. The van der Waals surface area contributed by atoms with Gasteiger partial charge >= 0.3 is 5.97 Å². The van der Waals surface area contributed by atoms with E-state index in [2.05, 4.69) is 22.6 Å². The van der Waals surface area contributed by atoms with Crippen LogP contribution < -0.4 is 0 Å². The second-order valence-corrected chi connectivity index (χ2v) is 4.15. The fourth-order valence-electron chi connectivity index (χ4n) is 1.11. The standard InChI is InChI=1S/C10H9IO3/c1-6(12)4-8-5-7(10(13)14)2-3-9(8)11/h2-3,5H,4H2,1H3,(H,13,14). The Kier molecular flexibility index (Phi) is 3.62. The molecule has 0 atom stereocenters. The Morgan fingerprint density at radius 1 is 1.43 bits per heavy atom. The van der Waals surface area contributed by atoms with Gasteiger partial charge in [-0.1, -0.05) is 0 Å². The van der Waals surface area contributed by atoms with Gasteiger partial charge in [-0.05, 0) is 53.3 Å². The van der Waals surface area contributed by atoms with Crippen LogP contribution in [0.5, 0.6) is 0 Å². The molecular weight excluding hydrogens is 295 g/mol. The Labute approximate surface area is 95.3 Å². The summed E-state index contributed by atoms with van der Waals surface area (Å²) in [4.78, 5) is 21.6. The van der Waals surface area contributed by atoms with Gasteiger partial charge in [0.2, 0.25) is 0 Å². The quantitative estimate of drug-likeness (QED) is 0.870. The van der Waals surface area contributed by atoms with E-state index < -0.39 is 5.97 Å². The molecule has 0 fully saturated rings. The highest BCUT2D eigenvalue weighted by molar-refractivity contribution is 14.1. The summed E-state index contributed by atoms with van der Waals surface area (Å²) in [5.41, 5.74) is 1.000. The molecule has 1 aromatic rings. The number of halogens is 1. The Morgan fingerprint density at radius 3 is 2.57 bits per heavy atom. The Bertz CT molecular complexity index is 385. The minimum absolute atomic E-state index is 0.0328. The van der Waals surface area contributed by atoms with E-state index >= 15 is 0 Å². The molecule has 0 unspecified atom stereocenters. The summed E-state index contributed by atoms with van der Waals surface area (Å²) in [6.07, 6.45) is 0.291. The zero-order valence-corrected chi connectivity index (χ0v) is 9.74. The van der Waals surface area contributed by atoms with Crippen LogP contribution in [0.3, 0.4) is 0 Å². The lowest BCUT2D eigenvalue weighted by molar-refractivity contribution is -0.116. The van der Waals surface area contributed by atoms with Crippen LogP contribution in [0.25, 0.3) is 0 Å². The first-order valence-corrected chi connectivity index (χ1v) is 5.09. The topological polar surface area (TPSA) is 54.4 Å². The molecule has 1 rings (SSSR count). The summed E-state index contributed by atoms with van der Waals surface area (Å²) in [7, 11) is 0. The highest BCUT2D eigenvalue weighted by Gasteiger charge is 2.08. The van der Waals surface area contributed by atoms with Gasteiger partial charge in [0.1, 0.15) is 5.78 Å². The molecule has 0 aliphatic heterocycles. The first-order chi connectivity index (χ1) is 6.50. The van der Waals surface area contributed by atoms with E-state index in [1.54, 1.807) is 12.1 Å². The first kappa shape index (κ1) is 11.2. The van der Waals surface area contributed by atoms with Crippen LogP contribution >= 0.6 is 22.6 Å². The number of hydrogen-bond donors (Lipinski definition) is 1. The van der Waals surface area contributed by atoms with Crippen molar-refractivity contribution in [3.05, 3.63) is 32.9 Å². The molecule has 1 aromatic carbocycles. The van der Waals surface area contributed by atoms with Crippen LogP contribution in [0, 0.1) is 3.57 Å². The van der Waals surface area contributed by atoms with E-state index in [4.69, 9.17) is 5.11 Å². The molecule has 0 saturated carbocycles. The van der Waals surface area contributed by atoms with Crippen LogP contribution in [0.2, 0.25) is 0 Å². The lowest BCUT2D eigenvalue weighted by Crippen LogP contribution is -2.03. The lowest BCUT2D eigenvalue weighted by Gasteiger charge is -2.03. The summed E-state index contributed by atoms with van der Waals surface area (Å²) in [5.74, 6) is -0.934. The summed E-state index contributed by atoms with van der Waals surface area (Å²) >= 11 is 2.09. The molecule has 0 amide bonds. The van der Waals surface area contributed by atoms with Gasteiger partial charge in [-0.15, -0.1) is 0 Å². The summed E-state index contributed by atoms with van der Waals surface area (Å²) in [6.45, 7) is 1.49. The largest absolute Gasteiger partial charge is 0.478 e. The third-order valence-electron chi connectivity index (χ3n) is 1.73. The number of aromatic carboxylic acids is 1. The maximum absolute atomic E-state index is 10.9. The van der Waals surface area contributed by atoms with E-state index in [9.17, 15) is 9.59 Å². The summed E-state index contributed by atoms with van der Waals surface area (Å²) < 4.78 is 0.919. The monoisotopic (exact) mass is 304 g/mol. The number of hydrogen-bond acceptors (Lipinski definition) is 2. The minimum atomic E-state index is -0.966. The molecule has 0 spiro atoms. The maximum Gasteiger partial charge on any atom is 0.335 e. The molecule has 14 heavy (non-hydrogen) atoms. The minimum Gasteiger partial charge on any atom is -0.478 e. The zero-order valence-electron chi connectivity index (χ0n) is 7.58. The second kappa shape index (κ2) is 4.54. The summed E-state index contributed by atoms with van der Waals surface area (Å²) in [6, 6.07) is 4.79. The second-order valence-electron chi connectivity index (χ2n) is 2.99. The van der Waals surface area contributed by atoms with Crippen molar-refractivity contribution in [2.24, 2.45) is 0 Å². The normalized spacial score (nSPS) is 9.86. The molecular formula is C10H9IO3. The van der Waals surface area contributed by atoms with Crippen LogP contribution in [0.15, 0.2) is 18.2 Å². The number of ketones is 1. The number of rotatable bonds is 3. The van der Waals surface area contributed by atoms with Crippen molar-refractivity contribution in [1.29, 1.82) is 0 Å². The summed E-state index contributed by atoms with van der Waals surface area (Å²) in [5, 5.41) is 8.75. The third-order valence-corrected chi connectivity index (χ3v) is 2.78. The molecule has 4 heteroatoms. The number of carbonyl (C=O) groups excluding carboxylic acids is 1. The van der Waals surface area contributed by atoms with Crippen molar-refractivity contribution in [3.8, 4) is 0 Å². The Balaban J connectivity index is 3.08. The van der Waals surface area contributed by atoms with Gasteiger partial charge in [0, 0.05) is 9.99 Å². The predicted molar refractivity (Wildman–Crippen MR) is 60.5 cm³/mol. The molecule has 0 radical (unpaired) electrons. The van der Waals surface area contributed by atoms with E-state index in [1.165, 1.54) is 13.0 Å². The first-order valence-electron chi connectivity index (χ1n) is 4.02. The molecule has 0 aliphatic carbocycles. The highest BCUT2D eigenvalue weighted by Crippen LogP contribution is 2.15. The maximum atomic E-state index is 10.9. The zero-order chi connectivity index (χ0) is 10.7. The Hall–Kier alpha value is -0.910. The van der Waals surface area contributed by atoms with Gasteiger partial charge in [-0.25, -0.2) is 4.79 Å².